The normalized spacial score (nSPS) is 11.7. The molecule has 0 aliphatic rings. The van der Waals surface area contributed by atoms with Crippen LogP contribution in [-0.2, 0) is 19.3 Å². The lowest BCUT2D eigenvalue weighted by molar-refractivity contribution is -0.137. The van der Waals surface area contributed by atoms with Gasteiger partial charge in [-0.25, -0.2) is 4.39 Å². The lowest BCUT2D eigenvalue weighted by Gasteiger charge is -2.17. The highest BCUT2D eigenvalue weighted by molar-refractivity contribution is 6.00. The molecule has 0 spiro atoms. The van der Waals surface area contributed by atoms with Crippen LogP contribution in [0.4, 0.5) is 17.6 Å². The summed E-state index contributed by atoms with van der Waals surface area (Å²) in [6, 6.07) is 8.46. The number of alkyl halides is 3. The first-order valence-corrected chi connectivity index (χ1v) is 9.01. The molecule has 3 rings (SSSR count). The number of aromatic nitrogens is 1. The Kier molecular flexibility index (Phi) is 5.93. The van der Waals surface area contributed by atoms with Crippen LogP contribution in [0.3, 0.4) is 0 Å². The highest BCUT2D eigenvalue weighted by atomic mass is 19.4. The van der Waals surface area contributed by atoms with Gasteiger partial charge in [-0.3, -0.25) is 9.59 Å². The molecule has 2 aromatic carbocycles. The fourth-order valence-electron chi connectivity index (χ4n) is 3.29. The fourth-order valence-corrected chi connectivity index (χ4v) is 3.29. The van der Waals surface area contributed by atoms with Gasteiger partial charge in [0, 0.05) is 18.5 Å². The van der Waals surface area contributed by atoms with E-state index in [1.54, 1.807) is 6.07 Å². The molecule has 0 saturated carbocycles. The standard InChI is InChI=1S/C21H18F4N2O3/c1-12-16-6-5-14(21(23,24)25)10-17(16)27(7-8-28)20(30)18(12)19(29)26-11-13-3-2-4-15(22)9-13/h2-6,9-10,28H,7-8,11H2,1H3,(H,26,29). The van der Waals surface area contributed by atoms with Crippen LogP contribution in [0.25, 0.3) is 10.9 Å². The molecule has 0 aliphatic carbocycles. The van der Waals surface area contributed by atoms with Crippen LogP contribution in [-0.4, -0.2) is 22.2 Å². The summed E-state index contributed by atoms with van der Waals surface area (Å²) in [6.07, 6.45) is -4.61. The van der Waals surface area contributed by atoms with E-state index in [2.05, 4.69) is 5.32 Å². The van der Waals surface area contributed by atoms with Crippen LogP contribution in [0.2, 0.25) is 0 Å². The highest BCUT2D eigenvalue weighted by Crippen LogP contribution is 2.32. The molecular weight excluding hydrogens is 404 g/mol. The molecule has 158 valence electrons. The minimum atomic E-state index is -4.61. The molecule has 1 aromatic heterocycles. The molecule has 2 N–H and O–H groups in total. The SMILES string of the molecule is Cc1c(C(=O)NCc2cccc(F)c2)c(=O)n(CCO)c2cc(C(F)(F)F)ccc12. The Bertz CT molecular complexity index is 1170. The Balaban J connectivity index is 2.08. The van der Waals surface area contributed by atoms with Crippen molar-refractivity contribution in [1.29, 1.82) is 0 Å². The van der Waals surface area contributed by atoms with Gasteiger partial charge in [-0.2, -0.15) is 13.2 Å². The van der Waals surface area contributed by atoms with Crippen molar-refractivity contribution in [2.24, 2.45) is 0 Å². The Morgan fingerprint density at radius 3 is 2.53 bits per heavy atom. The van der Waals surface area contributed by atoms with Crippen molar-refractivity contribution in [3.63, 3.8) is 0 Å². The molecule has 0 fully saturated rings. The highest BCUT2D eigenvalue weighted by Gasteiger charge is 2.31. The number of hydrogen-bond donors (Lipinski definition) is 2. The number of benzene rings is 2. The zero-order valence-electron chi connectivity index (χ0n) is 15.9. The van der Waals surface area contributed by atoms with Gasteiger partial charge in [-0.1, -0.05) is 18.2 Å². The molecule has 0 atom stereocenters. The summed E-state index contributed by atoms with van der Waals surface area (Å²) in [4.78, 5) is 25.6. The van der Waals surface area contributed by atoms with Gasteiger partial charge in [0.25, 0.3) is 11.5 Å². The molecule has 9 heteroatoms. The Hall–Kier alpha value is -3.20. The van der Waals surface area contributed by atoms with E-state index in [-0.39, 0.29) is 35.1 Å². The van der Waals surface area contributed by atoms with Crippen molar-refractivity contribution in [2.45, 2.75) is 26.2 Å². The number of halogens is 4. The number of aliphatic hydroxyl groups excluding tert-OH is 1. The second kappa shape index (κ2) is 8.27. The monoisotopic (exact) mass is 422 g/mol. The van der Waals surface area contributed by atoms with E-state index in [4.69, 9.17) is 0 Å². The van der Waals surface area contributed by atoms with Gasteiger partial charge in [-0.15, -0.1) is 0 Å². The van der Waals surface area contributed by atoms with Gasteiger partial charge >= 0.3 is 6.18 Å². The summed E-state index contributed by atoms with van der Waals surface area (Å²) in [5.41, 5.74) is -1.33. The summed E-state index contributed by atoms with van der Waals surface area (Å²) in [7, 11) is 0. The van der Waals surface area contributed by atoms with Crippen molar-refractivity contribution in [3.8, 4) is 0 Å². The largest absolute Gasteiger partial charge is 0.416 e. The average Bonchev–Trinajstić information content (AvgIpc) is 2.68. The van der Waals surface area contributed by atoms with Gasteiger partial charge in [0.05, 0.1) is 17.7 Å². The lowest BCUT2D eigenvalue weighted by Crippen LogP contribution is -2.35. The molecule has 0 saturated heterocycles. The van der Waals surface area contributed by atoms with Crippen molar-refractivity contribution >= 4 is 16.8 Å². The zero-order chi connectivity index (χ0) is 22.1. The van der Waals surface area contributed by atoms with Crippen LogP contribution in [0.1, 0.15) is 27.0 Å². The van der Waals surface area contributed by atoms with E-state index < -0.39 is 35.6 Å². The maximum Gasteiger partial charge on any atom is 0.416 e. The van der Waals surface area contributed by atoms with E-state index >= 15 is 0 Å². The number of rotatable bonds is 5. The second-order valence-electron chi connectivity index (χ2n) is 6.72. The van der Waals surface area contributed by atoms with Crippen molar-refractivity contribution in [3.05, 3.63) is 80.9 Å². The number of aryl methyl sites for hydroxylation is 1. The van der Waals surface area contributed by atoms with Gasteiger partial charge in [0.1, 0.15) is 11.4 Å². The molecule has 0 aliphatic heterocycles. The number of aliphatic hydroxyl groups is 1. The summed E-state index contributed by atoms with van der Waals surface area (Å²) in [5.74, 6) is -1.22. The third-order valence-electron chi connectivity index (χ3n) is 4.75. The maximum atomic E-state index is 13.3. The quantitative estimate of drug-likeness (QED) is 0.620. The maximum absolute atomic E-state index is 13.3. The number of nitrogens with zero attached hydrogens (tertiary/aromatic N) is 1. The third kappa shape index (κ3) is 4.20. The minimum absolute atomic E-state index is 0.0249. The first-order chi connectivity index (χ1) is 14.1. The number of fused-ring (bicyclic) bond motifs is 1. The van der Waals surface area contributed by atoms with E-state index in [1.165, 1.54) is 31.2 Å². The third-order valence-corrected chi connectivity index (χ3v) is 4.75. The molecule has 1 amide bonds. The second-order valence-corrected chi connectivity index (χ2v) is 6.72. The molecule has 0 radical (unpaired) electrons. The Morgan fingerprint density at radius 1 is 1.17 bits per heavy atom. The van der Waals surface area contributed by atoms with Crippen molar-refractivity contribution in [1.82, 2.24) is 9.88 Å². The van der Waals surface area contributed by atoms with Gasteiger partial charge in [-0.05, 0) is 42.3 Å². The lowest BCUT2D eigenvalue weighted by atomic mass is 10.0. The summed E-state index contributed by atoms with van der Waals surface area (Å²) < 4.78 is 53.6. The molecule has 3 aromatic rings. The average molecular weight is 422 g/mol. The van der Waals surface area contributed by atoms with E-state index in [0.29, 0.717) is 5.56 Å². The van der Waals surface area contributed by atoms with Crippen LogP contribution >= 0.6 is 0 Å². The van der Waals surface area contributed by atoms with Crippen LogP contribution in [0.15, 0.2) is 47.3 Å². The molecular formula is C21H18F4N2O3. The van der Waals surface area contributed by atoms with E-state index in [9.17, 15) is 32.3 Å². The van der Waals surface area contributed by atoms with Crippen molar-refractivity contribution < 1.29 is 27.5 Å². The Labute approximate surface area is 168 Å². The predicted molar refractivity (Wildman–Crippen MR) is 103 cm³/mol. The first kappa shape index (κ1) is 21.5. The fraction of sp³-hybridized carbons (Fsp3) is 0.238. The molecule has 0 unspecified atom stereocenters. The number of nitrogens with one attached hydrogen (secondary N) is 1. The van der Waals surface area contributed by atoms with Gasteiger partial charge in [0.2, 0.25) is 0 Å². The molecule has 30 heavy (non-hydrogen) atoms. The van der Waals surface area contributed by atoms with Crippen LogP contribution in [0.5, 0.6) is 0 Å². The predicted octanol–water partition coefficient (Wildman–Crippen LogP) is 3.39. The van der Waals surface area contributed by atoms with Crippen LogP contribution in [0, 0.1) is 12.7 Å². The number of carbonyl (C=O) groups is 1. The van der Waals surface area contributed by atoms with Crippen molar-refractivity contribution in [2.75, 3.05) is 6.61 Å². The molecule has 5 nitrogen and oxygen atoms in total. The zero-order valence-corrected chi connectivity index (χ0v) is 15.9. The number of carbonyl (C=O) groups excluding carboxylic acids is 1. The Morgan fingerprint density at radius 2 is 1.90 bits per heavy atom. The summed E-state index contributed by atoms with van der Waals surface area (Å²) in [5, 5.41) is 12.1. The molecule has 1 heterocycles. The number of hydrogen-bond acceptors (Lipinski definition) is 3. The number of amides is 1. The summed E-state index contributed by atoms with van der Waals surface area (Å²) >= 11 is 0. The first-order valence-electron chi connectivity index (χ1n) is 9.01. The summed E-state index contributed by atoms with van der Waals surface area (Å²) in [6.45, 7) is 0.650. The van der Waals surface area contributed by atoms with Gasteiger partial charge < -0.3 is 15.0 Å². The van der Waals surface area contributed by atoms with Crippen LogP contribution < -0.4 is 10.9 Å². The van der Waals surface area contributed by atoms with E-state index in [1.807, 2.05) is 0 Å². The van der Waals surface area contributed by atoms with E-state index in [0.717, 1.165) is 16.7 Å². The molecule has 0 bridgehead atoms. The smallest absolute Gasteiger partial charge is 0.395 e. The van der Waals surface area contributed by atoms with Gasteiger partial charge in [0.15, 0.2) is 0 Å². The number of pyridine rings is 1. The topological polar surface area (TPSA) is 71.3 Å². The minimum Gasteiger partial charge on any atom is -0.395 e.